The van der Waals surface area contributed by atoms with Crippen LogP contribution in [0.5, 0.6) is 5.75 Å². The summed E-state index contributed by atoms with van der Waals surface area (Å²) in [4.78, 5) is 14.8. The Hall–Kier alpha value is -3.08. The summed E-state index contributed by atoms with van der Waals surface area (Å²) in [6.45, 7) is 3.32. The third kappa shape index (κ3) is 4.19. The van der Waals surface area contributed by atoms with E-state index in [4.69, 9.17) is 4.74 Å². The smallest absolute Gasteiger partial charge is 0.272 e. The lowest BCUT2D eigenvalue weighted by molar-refractivity contribution is 0.0772. The molecule has 3 rings (SSSR count). The molecule has 0 spiro atoms. The molecule has 5 nitrogen and oxygen atoms in total. The molecule has 5 heteroatoms. The van der Waals surface area contributed by atoms with Gasteiger partial charge in [-0.1, -0.05) is 49.4 Å². The maximum atomic E-state index is 13.1. The number of benzene rings is 2. The van der Waals surface area contributed by atoms with Crippen LogP contribution in [-0.2, 0) is 13.1 Å². The van der Waals surface area contributed by atoms with E-state index in [0.29, 0.717) is 18.8 Å². The summed E-state index contributed by atoms with van der Waals surface area (Å²) in [5.41, 5.74) is 3.32. The van der Waals surface area contributed by atoms with Crippen molar-refractivity contribution in [3.05, 3.63) is 71.9 Å². The second kappa shape index (κ2) is 8.54. The van der Waals surface area contributed by atoms with Gasteiger partial charge in [0.05, 0.1) is 12.8 Å². The molecule has 0 aliphatic rings. The Kier molecular flexibility index (Phi) is 5.91. The van der Waals surface area contributed by atoms with Crippen LogP contribution in [0, 0.1) is 0 Å². The summed E-state index contributed by atoms with van der Waals surface area (Å²) in [5.74, 6) is 0.705. The van der Waals surface area contributed by atoms with E-state index in [1.54, 1.807) is 16.7 Å². The summed E-state index contributed by atoms with van der Waals surface area (Å²) in [6.07, 6.45) is 0.899. The van der Waals surface area contributed by atoms with Crippen molar-refractivity contribution in [1.29, 1.82) is 0 Å². The van der Waals surface area contributed by atoms with Crippen LogP contribution in [0.3, 0.4) is 0 Å². The molecule has 0 N–H and O–H groups in total. The first-order chi connectivity index (χ1) is 13.1. The fourth-order valence-electron chi connectivity index (χ4n) is 3.08. The molecule has 0 bridgehead atoms. The maximum absolute atomic E-state index is 13.1. The van der Waals surface area contributed by atoms with Crippen molar-refractivity contribution < 1.29 is 9.53 Å². The molecule has 0 fully saturated rings. The number of amides is 1. The Balaban J connectivity index is 1.92. The number of rotatable bonds is 7. The first-order valence-corrected chi connectivity index (χ1v) is 9.14. The highest BCUT2D eigenvalue weighted by Gasteiger charge is 2.20. The van der Waals surface area contributed by atoms with E-state index in [1.165, 1.54) is 0 Å². The Labute approximate surface area is 160 Å². The zero-order valence-electron chi connectivity index (χ0n) is 16.1. The van der Waals surface area contributed by atoms with Crippen molar-refractivity contribution in [1.82, 2.24) is 14.7 Å². The quantitative estimate of drug-likeness (QED) is 0.631. The Morgan fingerprint density at radius 1 is 1.11 bits per heavy atom. The molecule has 0 radical (unpaired) electrons. The minimum atomic E-state index is -0.0408. The van der Waals surface area contributed by atoms with E-state index in [2.05, 4.69) is 12.0 Å². The summed E-state index contributed by atoms with van der Waals surface area (Å²) >= 11 is 0. The van der Waals surface area contributed by atoms with Gasteiger partial charge < -0.3 is 9.64 Å². The van der Waals surface area contributed by atoms with Crippen LogP contribution in [0.1, 0.15) is 29.4 Å². The monoisotopic (exact) mass is 363 g/mol. The molecule has 2 aromatic carbocycles. The van der Waals surface area contributed by atoms with Crippen LogP contribution in [-0.4, -0.2) is 34.7 Å². The minimum absolute atomic E-state index is 0.0408. The topological polar surface area (TPSA) is 47.4 Å². The lowest BCUT2D eigenvalue weighted by Crippen LogP contribution is -2.28. The van der Waals surface area contributed by atoms with Crippen molar-refractivity contribution in [3.63, 3.8) is 0 Å². The Bertz CT molecular complexity index is 903. The number of methoxy groups -OCH3 is 1. The van der Waals surface area contributed by atoms with Gasteiger partial charge in [-0.3, -0.25) is 9.48 Å². The number of aromatic nitrogens is 2. The third-order valence-corrected chi connectivity index (χ3v) is 4.43. The maximum Gasteiger partial charge on any atom is 0.272 e. The molecular weight excluding hydrogens is 338 g/mol. The fourth-order valence-corrected chi connectivity index (χ4v) is 3.08. The first-order valence-electron chi connectivity index (χ1n) is 9.14. The molecule has 0 unspecified atom stereocenters. The van der Waals surface area contributed by atoms with Crippen molar-refractivity contribution in [3.8, 4) is 17.0 Å². The van der Waals surface area contributed by atoms with Crippen molar-refractivity contribution in [2.24, 2.45) is 0 Å². The molecule has 0 aliphatic heterocycles. The number of carbonyl (C=O) groups excluding carboxylic acids is 1. The molecule has 3 aromatic rings. The number of hydrogen-bond donors (Lipinski definition) is 0. The number of carbonyl (C=O) groups is 1. The highest BCUT2D eigenvalue weighted by Crippen LogP contribution is 2.29. The van der Waals surface area contributed by atoms with Gasteiger partial charge in [-0.05, 0) is 30.2 Å². The van der Waals surface area contributed by atoms with Gasteiger partial charge in [0.1, 0.15) is 11.4 Å². The van der Waals surface area contributed by atoms with Crippen LogP contribution in [0.4, 0.5) is 0 Å². The van der Waals surface area contributed by atoms with Gasteiger partial charge in [-0.15, -0.1) is 0 Å². The zero-order valence-corrected chi connectivity index (χ0v) is 16.1. The number of ether oxygens (including phenoxy) is 1. The van der Waals surface area contributed by atoms with E-state index >= 15 is 0 Å². The normalized spacial score (nSPS) is 10.6. The minimum Gasteiger partial charge on any atom is -0.496 e. The standard InChI is InChI=1S/C22H25N3O2/c1-4-14-25-20(22(26)24(2)16-17-10-6-5-7-11-17)15-19(23-25)18-12-8-9-13-21(18)27-3/h5-13,15H,4,14,16H2,1-3H3. The van der Waals surface area contributed by atoms with Crippen molar-refractivity contribution in [2.45, 2.75) is 26.4 Å². The largest absolute Gasteiger partial charge is 0.496 e. The van der Waals surface area contributed by atoms with Crippen LogP contribution < -0.4 is 4.74 Å². The molecule has 1 aromatic heterocycles. The predicted molar refractivity (Wildman–Crippen MR) is 107 cm³/mol. The van der Waals surface area contributed by atoms with Gasteiger partial charge in [0.2, 0.25) is 0 Å². The zero-order chi connectivity index (χ0) is 19.2. The van der Waals surface area contributed by atoms with Crippen LogP contribution in [0.15, 0.2) is 60.7 Å². The molecule has 0 saturated carbocycles. The molecule has 140 valence electrons. The second-order valence-corrected chi connectivity index (χ2v) is 6.49. The van der Waals surface area contributed by atoms with Gasteiger partial charge >= 0.3 is 0 Å². The van der Waals surface area contributed by atoms with Gasteiger partial charge in [0.15, 0.2) is 0 Å². The van der Waals surface area contributed by atoms with Gasteiger partial charge in [0.25, 0.3) is 5.91 Å². The number of aryl methyl sites for hydroxylation is 1. The summed E-state index contributed by atoms with van der Waals surface area (Å²) in [6, 6.07) is 19.6. The number of hydrogen-bond acceptors (Lipinski definition) is 3. The Morgan fingerprint density at radius 2 is 1.81 bits per heavy atom. The molecule has 1 heterocycles. The van der Waals surface area contributed by atoms with E-state index in [-0.39, 0.29) is 5.91 Å². The summed E-state index contributed by atoms with van der Waals surface area (Å²) in [5, 5.41) is 4.68. The summed E-state index contributed by atoms with van der Waals surface area (Å²) in [7, 11) is 3.46. The van der Waals surface area contributed by atoms with Crippen molar-refractivity contribution >= 4 is 5.91 Å². The van der Waals surface area contributed by atoms with Crippen LogP contribution in [0.2, 0.25) is 0 Å². The highest BCUT2D eigenvalue weighted by molar-refractivity contribution is 5.93. The van der Waals surface area contributed by atoms with Crippen LogP contribution in [0.25, 0.3) is 11.3 Å². The lowest BCUT2D eigenvalue weighted by Gasteiger charge is -2.17. The number of para-hydroxylation sites is 1. The molecule has 0 saturated heterocycles. The lowest BCUT2D eigenvalue weighted by atomic mass is 10.1. The van der Waals surface area contributed by atoms with Crippen molar-refractivity contribution in [2.75, 3.05) is 14.2 Å². The van der Waals surface area contributed by atoms with Gasteiger partial charge in [-0.2, -0.15) is 5.10 Å². The summed E-state index contributed by atoms with van der Waals surface area (Å²) < 4.78 is 7.25. The molecule has 27 heavy (non-hydrogen) atoms. The first kappa shape index (κ1) is 18.7. The molecule has 1 amide bonds. The van der Waals surface area contributed by atoms with Crippen LogP contribution >= 0.6 is 0 Å². The van der Waals surface area contributed by atoms with E-state index < -0.39 is 0 Å². The third-order valence-electron chi connectivity index (χ3n) is 4.43. The average Bonchev–Trinajstić information content (AvgIpc) is 3.12. The molecular formula is C22H25N3O2. The van der Waals surface area contributed by atoms with Gasteiger partial charge in [0, 0.05) is 25.7 Å². The molecule has 0 atom stereocenters. The van der Waals surface area contributed by atoms with E-state index in [0.717, 1.165) is 29.0 Å². The average molecular weight is 363 g/mol. The SMILES string of the molecule is CCCn1nc(-c2ccccc2OC)cc1C(=O)N(C)Cc1ccccc1. The number of nitrogens with zero attached hydrogens (tertiary/aromatic N) is 3. The predicted octanol–water partition coefficient (Wildman–Crippen LogP) is 4.24. The highest BCUT2D eigenvalue weighted by atomic mass is 16.5. The van der Waals surface area contributed by atoms with Gasteiger partial charge in [-0.25, -0.2) is 0 Å². The fraction of sp³-hybridized carbons (Fsp3) is 0.273. The second-order valence-electron chi connectivity index (χ2n) is 6.49. The Morgan fingerprint density at radius 3 is 2.52 bits per heavy atom. The van der Waals surface area contributed by atoms with E-state index in [1.807, 2.05) is 67.7 Å². The van der Waals surface area contributed by atoms with E-state index in [9.17, 15) is 4.79 Å². The molecule has 0 aliphatic carbocycles.